The number of aromatic nitrogens is 3. The Kier molecular flexibility index (Phi) is 5.49. The number of carbonyl (C=O) groups is 1. The maximum absolute atomic E-state index is 12.1. The SMILES string of the molecule is CCN(CC)C(=O)n1cnc(SSc2ccccc2)n1. The van der Waals surface area contributed by atoms with Crippen molar-refractivity contribution < 1.29 is 4.79 Å². The summed E-state index contributed by atoms with van der Waals surface area (Å²) in [5, 5.41) is 4.78. The summed E-state index contributed by atoms with van der Waals surface area (Å²) in [6.45, 7) is 5.21. The smallest absolute Gasteiger partial charge is 0.323 e. The number of benzene rings is 1. The van der Waals surface area contributed by atoms with Crippen molar-refractivity contribution in [2.75, 3.05) is 13.1 Å². The highest BCUT2D eigenvalue weighted by Crippen LogP contribution is 2.34. The van der Waals surface area contributed by atoms with Crippen LogP contribution in [0.2, 0.25) is 0 Å². The average molecular weight is 308 g/mol. The summed E-state index contributed by atoms with van der Waals surface area (Å²) in [5.41, 5.74) is 0. The molecule has 1 aromatic carbocycles. The average Bonchev–Trinajstić information content (AvgIpc) is 2.96. The van der Waals surface area contributed by atoms with Gasteiger partial charge in [-0.15, -0.1) is 5.10 Å². The third-order valence-electron chi connectivity index (χ3n) is 2.66. The van der Waals surface area contributed by atoms with Crippen LogP contribution in [0.5, 0.6) is 0 Å². The topological polar surface area (TPSA) is 51.0 Å². The first-order chi connectivity index (χ1) is 9.74. The Balaban J connectivity index is 1.97. The molecule has 0 aliphatic carbocycles. The van der Waals surface area contributed by atoms with E-state index in [2.05, 4.69) is 10.1 Å². The fourth-order valence-corrected chi connectivity index (χ4v) is 3.30. The molecule has 0 aliphatic heterocycles. The molecule has 1 amide bonds. The third-order valence-corrected chi connectivity index (χ3v) is 4.82. The second-order valence-electron chi connectivity index (χ2n) is 3.91. The van der Waals surface area contributed by atoms with Gasteiger partial charge in [0.05, 0.1) is 0 Å². The monoisotopic (exact) mass is 308 g/mol. The van der Waals surface area contributed by atoms with E-state index in [1.54, 1.807) is 15.7 Å². The Morgan fingerprint density at radius 1 is 1.20 bits per heavy atom. The zero-order chi connectivity index (χ0) is 14.4. The van der Waals surface area contributed by atoms with Gasteiger partial charge < -0.3 is 4.90 Å². The fraction of sp³-hybridized carbons (Fsp3) is 0.308. The lowest BCUT2D eigenvalue weighted by molar-refractivity contribution is 0.201. The Morgan fingerprint density at radius 2 is 1.90 bits per heavy atom. The Hall–Kier alpha value is -1.47. The maximum Gasteiger partial charge on any atom is 0.346 e. The molecule has 1 heterocycles. The highest BCUT2D eigenvalue weighted by molar-refractivity contribution is 8.76. The second kappa shape index (κ2) is 7.35. The number of hydrogen-bond acceptors (Lipinski definition) is 5. The van der Waals surface area contributed by atoms with Crippen molar-refractivity contribution in [2.24, 2.45) is 0 Å². The van der Waals surface area contributed by atoms with E-state index in [9.17, 15) is 4.79 Å². The van der Waals surface area contributed by atoms with Gasteiger partial charge in [0, 0.05) is 18.0 Å². The van der Waals surface area contributed by atoms with Gasteiger partial charge in [-0.05, 0) is 47.6 Å². The predicted molar refractivity (Wildman–Crippen MR) is 81.9 cm³/mol. The van der Waals surface area contributed by atoms with Gasteiger partial charge in [-0.25, -0.2) is 9.78 Å². The van der Waals surface area contributed by atoms with Gasteiger partial charge in [-0.1, -0.05) is 18.2 Å². The molecule has 2 aromatic rings. The summed E-state index contributed by atoms with van der Waals surface area (Å²) in [6.07, 6.45) is 1.47. The standard InChI is InChI=1S/C13H16N4OS2/c1-3-16(4-2)13(18)17-10-14-12(15-17)20-19-11-8-6-5-7-9-11/h5-10H,3-4H2,1-2H3. The summed E-state index contributed by atoms with van der Waals surface area (Å²) >= 11 is 0. The van der Waals surface area contributed by atoms with Gasteiger partial charge in [0.25, 0.3) is 0 Å². The van der Waals surface area contributed by atoms with E-state index < -0.39 is 0 Å². The number of rotatable bonds is 5. The van der Waals surface area contributed by atoms with Crippen LogP contribution in [-0.2, 0) is 0 Å². The molecule has 0 atom stereocenters. The predicted octanol–water partition coefficient (Wildman–Crippen LogP) is 3.39. The molecule has 7 heteroatoms. The molecule has 0 aliphatic rings. The molecule has 0 N–H and O–H groups in total. The second-order valence-corrected chi connectivity index (χ2v) is 6.08. The van der Waals surface area contributed by atoms with Crippen LogP contribution in [0.3, 0.4) is 0 Å². The van der Waals surface area contributed by atoms with E-state index in [0.29, 0.717) is 18.2 Å². The molecule has 20 heavy (non-hydrogen) atoms. The molecule has 106 valence electrons. The van der Waals surface area contributed by atoms with E-state index in [0.717, 1.165) is 4.90 Å². The Bertz CT molecular complexity index is 555. The molecule has 0 saturated heterocycles. The summed E-state index contributed by atoms with van der Waals surface area (Å²) < 4.78 is 1.29. The molecule has 5 nitrogen and oxygen atoms in total. The minimum atomic E-state index is -0.140. The van der Waals surface area contributed by atoms with Crippen molar-refractivity contribution in [2.45, 2.75) is 23.9 Å². The molecular formula is C13H16N4OS2. The molecule has 0 fully saturated rings. The van der Waals surface area contributed by atoms with Gasteiger partial charge in [0.2, 0.25) is 5.16 Å². The Labute approximate surface area is 126 Å². The Morgan fingerprint density at radius 3 is 2.55 bits per heavy atom. The lowest BCUT2D eigenvalue weighted by Crippen LogP contribution is -2.34. The van der Waals surface area contributed by atoms with Crippen LogP contribution in [-0.4, -0.2) is 38.8 Å². The summed E-state index contributed by atoms with van der Waals surface area (Å²) in [7, 11) is 3.01. The lowest BCUT2D eigenvalue weighted by atomic mass is 10.4. The molecule has 0 spiro atoms. The zero-order valence-electron chi connectivity index (χ0n) is 11.4. The third kappa shape index (κ3) is 3.77. The normalized spacial score (nSPS) is 10.5. The number of carbonyl (C=O) groups excluding carboxylic acids is 1. The summed E-state index contributed by atoms with van der Waals surface area (Å²) in [6, 6.07) is 9.85. The maximum atomic E-state index is 12.1. The summed E-state index contributed by atoms with van der Waals surface area (Å²) in [5.74, 6) is 0. The van der Waals surface area contributed by atoms with E-state index in [1.807, 2.05) is 44.2 Å². The van der Waals surface area contributed by atoms with E-state index in [1.165, 1.54) is 21.8 Å². The minimum Gasteiger partial charge on any atom is -0.323 e. The first-order valence-electron chi connectivity index (χ1n) is 6.35. The molecular weight excluding hydrogens is 292 g/mol. The van der Waals surface area contributed by atoms with Gasteiger partial charge in [0.1, 0.15) is 6.33 Å². The zero-order valence-corrected chi connectivity index (χ0v) is 13.0. The highest BCUT2D eigenvalue weighted by atomic mass is 33.1. The van der Waals surface area contributed by atoms with Crippen molar-refractivity contribution in [3.05, 3.63) is 36.7 Å². The summed E-state index contributed by atoms with van der Waals surface area (Å²) in [4.78, 5) is 19.0. The first kappa shape index (κ1) is 14.9. The molecule has 0 radical (unpaired) electrons. The number of nitrogens with zero attached hydrogens (tertiary/aromatic N) is 4. The van der Waals surface area contributed by atoms with Crippen LogP contribution in [0, 0.1) is 0 Å². The van der Waals surface area contributed by atoms with Crippen LogP contribution in [0.15, 0.2) is 46.7 Å². The number of hydrogen-bond donors (Lipinski definition) is 0. The van der Waals surface area contributed by atoms with E-state index in [4.69, 9.17) is 0 Å². The van der Waals surface area contributed by atoms with Crippen molar-refractivity contribution >= 4 is 27.6 Å². The van der Waals surface area contributed by atoms with E-state index in [-0.39, 0.29) is 6.03 Å². The quantitative estimate of drug-likeness (QED) is 0.793. The number of amides is 1. The molecule has 0 unspecified atom stereocenters. The highest BCUT2D eigenvalue weighted by Gasteiger charge is 2.14. The lowest BCUT2D eigenvalue weighted by Gasteiger charge is -2.17. The van der Waals surface area contributed by atoms with E-state index >= 15 is 0 Å². The van der Waals surface area contributed by atoms with Gasteiger partial charge >= 0.3 is 6.03 Å². The molecule has 0 saturated carbocycles. The van der Waals surface area contributed by atoms with Crippen LogP contribution >= 0.6 is 21.6 Å². The largest absolute Gasteiger partial charge is 0.346 e. The van der Waals surface area contributed by atoms with Crippen molar-refractivity contribution in [3.63, 3.8) is 0 Å². The van der Waals surface area contributed by atoms with Crippen molar-refractivity contribution in [3.8, 4) is 0 Å². The van der Waals surface area contributed by atoms with Gasteiger partial charge in [0.15, 0.2) is 0 Å². The van der Waals surface area contributed by atoms with Crippen LogP contribution < -0.4 is 0 Å². The van der Waals surface area contributed by atoms with Crippen LogP contribution in [0.1, 0.15) is 13.8 Å². The molecule has 2 rings (SSSR count). The molecule has 0 bridgehead atoms. The minimum absolute atomic E-state index is 0.140. The first-order valence-corrected chi connectivity index (χ1v) is 8.50. The van der Waals surface area contributed by atoms with Crippen molar-refractivity contribution in [1.82, 2.24) is 19.7 Å². The van der Waals surface area contributed by atoms with Gasteiger partial charge in [-0.2, -0.15) is 4.68 Å². The van der Waals surface area contributed by atoms with Crippen LogP contribution in [0.25, 0.3) is 0 Å². The molecule has 1 aromatic heterocycles. The fourth-order valence-electron chi connectivity index (χ4n) is 1.58. The van der Waals surface area contributed by atoms with Crippen molar-refractivity contribution in [1.29, 1.82) is 0 Å². The van der Waals surface area contributed by atoms with Crippen LogP contribution in [0.4, 0.5) is 4.79 Å². The van der Waals surface area contributed by atoms with Gasteiger partial charge in [-0.3, -0.25) is 0 Å².